The lowest BCUT2D eigenvalue weighted by molar-refractivity contribution is 0.251. The van der Waals surface area contributed by atoms with Crippen molar-refractivity contribution in [3.63, 3.8) is 0 Å². The van der Waals surface area contributed by atoms with Gasteiger partial charge in [0.1, 0.15) is 0 Å². The monoisotopic (exact) mass is 218 g/mol. The minimum absolute atomic E-state index is 0.719. The van der Waals surface area contributed by atoms with Crippen LogP contribution in [0.15, 0.2) is 24.3 Å². The second-order valence-electron chi connectivity index (χ2n) is 4.89. The molecule has 1 atom stereocenters. The van der Waals surface area contributed by atoms with E-state index >= 15 is 0 Å². The molecule has 2 rings (SSSR count). The molecule has 1 aromatic rings. The topological polar surface area (TPSA) is 29.3 Å². The zero-order chi connectivity index (χ0) is 11.4. The molecule has 0 radical (unpaired) electrons. The molecule has 1 aliphatic rings. The molecule has 1 heterocycles. The van der Waals surface area contributed by atoms with Crippen LogP contribution in [0.3, 0.4) is 0 Å². The predicted molar refractivity (Wildman–Crippen MR) is 68.7 cm³/mol. The number of likely N-dealkylation sites (N-methyl/N-ethyl adjacent to an activating group) is 1. The van der Waals surface area contributed by atoms with Crippen LogP contribution in [0.25, 0.3) is 0 Å². The highest BCUT2D eigenvalue weighted by molar-refractivity contribution is 5.27. The van der Waals surface area contributed by atoms with Crippen molar-refractivity contribution >= 4 is 0 Å². The van der Waals surface area contributed by atoms with E-state index in [0.717, 1.165) is 18.9 Å². The third-order valence-electron chi connectivity index (χ3n) is 3.48. The zero-order valence-electron chi connectivity index (χ0n) is 10.2. The van der Waals surface area contributed by atoms with Gasteiger partial charge in [0.25, 0.3) is 0 Å². The van der Waals surface area contributed by atoms with Gasteiger partial charge in [0.2, 0.25) is 0 Å². The molecule has 0 spiro atoms. The second-order valence-corrected chi connectivity index (χ2v) is 4.89. The van der Waals surface area contributed by atoms with E-state index in [0.29, 0.717) is 0 Å². The van der Waals surface area contributed by atoms with Gasteiger partial charge in [-0.1, -0.05) is 24.3 Å². The quantitative estimate of drug-likeness (QED) is 0.841. The summed E-state index contributed by atoms with van der Waals surface area (Å²) in [5.74, 6) is 0.719. The molecule has 1 saturated heterocycles. The van der Waals surface area contributed by atoms with E-state index in [2.05, 4.69) is 36.2 Å². The summed E-state index contributed by atoms with van der Waals surface area (Å²) < 4.78 is 0. The highest BCUT2D eigenvalue weighted by atomic mass is 15.1. The summed E-state index contributed by atoms with van der Waals surface area (Å²) in [6.45, 7) is 3.19. The molecule has 1 fully saturated rings. The fourth-order valence-corrected chi connectivity index (χ4v) is 2.61. The second kappa shape index (κ2) is 5.46. The van der Waals surface area contributed by atoms with Gasteiger partial charge in [-0.15, -0.1) is 0 Å². The Balaban J connectivity index is 2.09. The first-order chi connectivity index (χ1) is 7.79. The van der Waals surface area contributed by atoms with Crippen molar-refractivity contribution in [3.05, 3.63) is 35.4 Å². The van der Waals surface area contributed by atoms with Crippen LogP contribution in [0, 0.1) is 0 Å². The van der Waals surface area contributed by atoms with Crippen LogP contribution in [0.4, 0.5) is 0 Å². The lowest BCUT2D eigenvalue weighted by Gasteiger charge is -2.30. The van der Waals surface area contributed by atoms with Crippen molar-refractivity contribution in [1.29, 1.82) is 0 Å². The molecule has 0 amide bonds. The maximum Gasteiger partial charge on any atom is 0.00472 e. The van der Waals surface area contributed by atoms with Gasteiger partial charge in [-0.3, -0.25) is 0 Å². The molecule has 16 heavy (non-hydrogen) atoms. The van der Waals surface area contributed by atoms with Gasteiger partial charge < -0.3 is 10.6 Å². The van der Waals surface area contributed by atoms with Crippen LogP contribution in [0.1, 0.15) is 29.9 Å². The summed E-state index contributed by atoms with van der Waals surface area (Å²) in [4.78, 5) is 2.43. The average molecular weight is 218 g/mol. The maximum absolute atomic E-state index is 5.60. The third kappa shape index (κ3) is 2.83. The van der Waals surface area contributed by atoms with E-state index in [1.54, 1.807) is 0 Å². The van der Waals surface area contributed by atoms with Crippen LogP contribution in [-0.4, -0.2) is 31.6 Å². The molecule has 1 aromatic carbocycles. The zero-order valence-corrected chi connectivity index (χ0v) is 10.2. The largest absolute Gasteiger partial charge is 0.330 e. The standard InChI is InChI=1S/C14H22N2/c1-16-9-3-6-14(11-16)13-5-2-4-12(10-13)7-8-15/h2,4-5,10,14H,3,6-9,11,15H2,1H3. The Labute approximate surface area is 98.4 Å². The molecule has 0 bridgehead atoms. The fourth-order valence-electron chi connectivity index (χ4n) is 2.61. The number of rotatable bonds is 3. The molecule has 88 valence electrons. The lowest BCUT2D eigenvalue weighted by atomic mass is 9.89. The van der Waals surface area contributed by atoms with Gasteiger partial charge in [0, 0.05) is 6.54 Å². The number of piperidine rings is 1. The Morgan fingerprint density at radius 3 is 3.06 bits per heavy atom. The first kappa shape index (κ1) is 11.6. The van der Waals surface area contributed by atoms with Crippen molar-refractivity contribution in [2.45, 2.75) is 25.2 Å². The van der Waals surface area contributed by atoms with Crippen molar-refractivity contribution in [3.8, 4) is 0 Å². The van der Waals surface area contributed by atoms with E-state index in [9.17, 15) is 0 Å². The van der Waals surface area contributed by atoms with Gasteiger partial charge in [0.05, 0.1) is 0 Å². The predicted octanol–water partition coefficient (Wildman–Crippen LogP) is 2.00. The number of nitrogens with two attached hydrogens (primary N) is 1. The molecule has 2 nitrogen and oxygen atoms in total. The van der Waals surface area contributed by atoms with Gasteiger partial charge in [-0.05, 0) is 56.4 Å². The van der Waals surface area contributed by atoms with Crippen LogP contribution >= 0.6 is 0 Å². The lowest BCUT2D eigenvalue weighted by Crippen LogP contribution is -2.30. The Kier molecular flexibility index (Phi) is 3.97. The summed E-state index contributed by atoms with van der Waals surface area (Å²) >= 11 is 0. The Morgan fingerprint density at radius 1 is 1.44 bits per heavy atom. The normalized spacial score (nSPS) is 22.2. The number of nitrogens with zero attached hydrogens (tertiary/aromatic N) is 1. The summed E-state index contributed by atoms with van der Waals surface area (Å²) in [6.07, 6.45) is 3.65. The van der Waals surface area contributed by atoms with E-state index in [1.165, 1.54) is 37.1 Å². The Morgan fingerprint density at radius 2 is 2.31 bits per heavy atom. The Bertz CT molecular complexity index is 335. The SMILES string of the molecule is CN1CCCC(c2cccc(CCN)c2)C1. The fraction of sp³-hybridized carbons (Fsp3) is 0.571. The number of hydrogen-bond donors (Lipinski definition) is 1. The van der Waals surface area contributed by atoms with Crippen LogP contribution < -0.4 is 5.73 Å². The van der Waals surface area contributed by atoms with E-state index in [-0.39, 0.29) is 0 Å². The molecule has 2 N–H and O–H groups in total. The van der Waals surface area contributed by atoms with Gasteiger partial charge >= 0.3 is 0 Å². The molecule has 2 heteroatoms. The highest BCUT2D eigenvalue weighted by Crippen LogP contribution is 2.26. The summed E-state index contributed by atoms with van der Waals surface area (Å²) in [5.41, 5.74) is 8.48. The van der Waals surface area contributed by atoms with E-state index < -0.39 is 0 Å². The minimum Gasteiger partial charge on any atom is -0.330 e. The first-order valence-electron chi connectivity index (χ1n) is 6.27. The van der Waals surface area contributed by atoms with Crippen LogP contribution in [-0.2, 0) is 6.42 Å². The minimum atomic E-state index is 0.719. The van der Waals surface area contributed by atoms with Crippen molar-refractivity contribution in [2.75, 3.05) is 26.7 Å². The van der Waals surface area contributed by atoms with Gasteiger partial charge in [0.15, 0.2) is 0 Å². The van der Waals surface area contributed by atoms with E-state index in [1.807, 2.05) is 0 Å². The highest BCUT2D eigenvalue weighted by Gasteiger charge is 2.18. The molecule has 1 unspecified atom stereocenters. The molecular formula is C14H22N2. The van der Waals surface area contributed by atoms with Gasteiger partial charge in [-0.25, -0.2) is 0 Å². The van der Waals surface area contributed by atoms with Gasteiger partial charge in [-0.2, -0.15) is 0 Å². The van der Waals surface area contributed by atoms with Crippen molar-refractivity contribution < 1.29 is 0 Å². The van der Waals surface area contributed by atoms with E-state index in [4.69, 9.17) is 5.73 Å². The molecule has 0 aliphatic carbocycles. The summed E-state index contributed by atoms with van der Waals surface area (Å²) in [6, 6.07) is 8.97. The molecular weight excluding hydrogens is 196 g/mol. The average Bonchev–Trinajstić information content (AvgIpc) is 2.30. The Hall–Kier alpha value is -0.860. The molecule has 1 aliphatic heterocycles. The number of benzene rings is 1. The first-order valence-corrected chi connectivity index (χ1v) is 6.27. The third-order valence-corrected chi connectivity index (χ3v) is 3.48. The van der Waals surface area contributed by atoms with Crippen molar-refractivity contribution in [1.82, 2.24) is 4.90 Å². The molecule has 0 aromatic heterocycles. The smallest absolute Gasteiger partial charge is 0.00472 e. The molecule has 0 saturated carbocycles. The number of hydrogen-bond acceptors (Lipinski definition) is 2. The summed E-state index contributed by atoms with van der Waals surface area (Å²) in [7, 11) is 2.22. The maximum atomic E-state index is 5.60. The van der Waals surface area contributed by atoms with Crippen molar-refractivity contribution in [2.24, 2.45) is 5.73 Å². The number of likely N-dealkylation sites (tertiary alicyclic amines) is 1. The van der Waals surface area contributed by atoms with Crippen LogP contribution in [0.5, 0.6) is 0 Å². The summed E-state index contributed by atoms with van der Waals surface area (Å²) in [5, 5.41) is 0. The van der Waals surface area contributed by atoms with Crippen LogP contribution in [0.2, 0.25) is 0 Å².